The summed E-state index contributed by atoms with van der Waals surface area (Å²) >= 11 is 0. The zero-order chi connectivity index (χ0) is 12.0. The molecule has 1 rings (SSSR count). The third kappa shape index (κ3) is 3.60. The molecule has 4 nitrogen and oxygen atoms in total. The van der Waals surface area contributed by atoms with Crippen LogP contribution in [0.2, 0.25) is 0 Å². The van der Waals surface area contributed by atoms with E-state index in [0.29, 0.717) is 5.56 Å². The summed E-state index contributed by atoms with van der Waals surface area (Å²) in [4.78, 5) is 10.9. The van der Waals surface area contributed by atoms with Crippen molar-refractivity contribution in [3.63, 3.8) is 0 Å². The van der Waals surface area contributed by atoms with E-state index in [1.807, 2.05) is 0 Å². The number of hydrogen-bond donors (Lipinski definition) is 2. The van der Waals surface area contributed by atoms with E-state index in [-0.39, 0.29) is 13.2 Å². The van der Waals surface area contributed by atoms with Crippen LogP contribution in [-0.2, 0) is 16.0 Å². The van der Waals surface area contributed by atoms with Gasteiger partial charge in [0.25, 0.3) is 0 Å². The van der Waals surface area contributed by atoms with E-state index in [2.05, 4.69) is 5.32 Å². The lowest BCUT2D eigenvalue weighted by atomic mass is 10.1. The number of carbonyl (C=O) groups is 1. The summed E-state index contributed by atoms with van der Waals surface area (Å²) in [5, 5.41) is 11.6. The summed E-state index contributed by atoms with van der Waals surface area (Å²) in [6, 6.07) is 5.27. The fourth-order valence-electron chi connectivity index (χ4n) is 1.31. The maximum atomic E-state index is 13.3. The molecule has 0 unspecified atom stereocenters. The summed E-state index contributed by atoms with van der Waals surface area (Å²) in [5.74, 6) is -1.42. The van der Waals surface area contributed by atoms with Crippen molar-refractivity contribution in [1.82, 2.24) is 5.32 Å². The van der Waals surface area contributed by atoms with Crippen LogP contribution in [0.15, 0.2) is 24.3 Å². The highest BCUT2D eigenvalue weighted by molar-refractivity contribution is 5.73. The molecule has 1 atom stereocenters. The predicted molar refractivity (Wildman–Crippen MR) is 56.5 cm³/mol. The molecule has 0 saturated heterocycles. The van der Waals surface area contributed by atoms with Gasteiger partial charge in [0.05, 0.1) is 6.73 Å². The summed E-state index contributed by atoms with van der Waals surface area (Å²) in [6.45, 7) is 0.116. The van der Waals surface area contributed by atoms with Crippen molar-refractivity contribution in [1.29, 1.82) is 0 Å². The van der Waals surface area contributed by atoms with Crippen LogP contribution >= 0.6 is 0 Å². The zero-order valence-corrected chi connectivity index (χ0v) is 8.94. The number of carboxylic acid groups (broad SMARTS) is 1. The lowest BCUT2D eigenvalue weighted by molar-refractivity contribution is -0.139. The molecule has 0 saturated carbocycles. The highest BCUT2D eigenvalue weighted by atomic mass is 19.1. The van der Waals surface area contributed by atoms with Crippen LogP contribution in [0.25, 0.3) is 0 Å². The Balaban J connectivity index is 2.68. The molecule has 0 aliphatic carbocycles. The molecule has 1 aromatic carbocycles. The Morgan fingerprint density at radius 1 is 1.56 bits per heavy atom. The lowest BCUT2D eigenvalue weighted by Gasteiger charge is -2.14. The van der Waals surface area contributed by atoms with Gasteiger partial charge in [0.2, 0.25) is 0 Å². The Bertz CT molecular complexity index is 357. The number of methoxy groups -OCH3 is 1. The van der Waals surface area contributed by atoms with E-state index in [9.17, 15) is 9.18 Å². The highest BCUT2D eigenvalue weighted by Gasteiger charge is 2.18. The average molecular weight is 227 g/mol. The maximum Gasteiger partial charge on any atom is 0.321 e. The minimum atomic E-state index is -1.03. The summed E-state index contributed by atoms with van der Waals surface area (Å²) in [6.07, 6.45) is 0.0887. The van der Waals surface area contributed by atoms with Gasteiger partial charge in [-0.3, -0.25) is 10.1 Å². The maximum absolute atomic E-state index is 13.3. The van der Waals surface area contributed by atoms with Crippen molar-refractivity contribution in [2.24, 2.45) is 0 Å². The Morgan fingerprint density at radius 3 is 2.81 bits per heavy atom. The number of benzene rings is 1. The Hall–Kier alpha value is -1.46. The Labute approximate surface area is 93.0 Å². The second kappa shape index (κ2) is 6.19. The fraction of sp³-hybridized carbons (Fsp3) is 0.364. The van der Waals surface area contributed by atoms with Crippen LogP contribution in [0.1, 0.15) is 5.56 Å². The number of ether oxygens (including phenoxy) is 1. The van der Waals surface area contributed by atoms with E-state index in [4.69, 9.17) is 9.84 Å². The molecule has 0 spiro atoms. The molecule has 0 fully saturated rings. The second-order valence-corrected chi connectivity index (χ2v) is 3.32. The van der Waals surface area contributed by atoms with E-state index < -0.39 is 17.8 Å². The number of carboxylic acids is 1. The van der Waals surface area contributed by atoms with E-state index in [0.717, 1.165) is 0 Å². The molecule has 5 heteroatoms. The van der Waals surface area contributed by atoms with Crippen LogP contribution < -0.4 is 5.32 Å². The van der Waals surface area contributed by atoms with Gasteiger partial charge >= 0.3 is 5.97 Å². The van der Waals surface area contributed by atoms with Gasteiger partial charge in [0, 0.05) is 13.5 Å². The quantitative estimate of drug-likeness (QED) is 0.712. The van der Waals surface area contributed by atoms with Gasteiger partial charge in [-0.1, -0.05) is 18.2 Å². The van der Waals surface area contributed by atoms with Crippen molar-refractivity contribution in [2.45, 2.75) is 12.5 Å². The SMILES string of the molecule is COCN[C@@H](Cc1ccccc1F)C(=O)O. The number of halogens is 1. The standard InChI is InChI=1S/C11H14FNO3/c1-16-7-13-10(11(14)15)6-8-4-2-3-5-9(8)12/h2-5,10,13H,6-7H2,1H3,(H,14,15)/t10-/m0/s1. The first kappa shape index (κ1) is 12.6. The zero-order valence-electron chi connectivity index (χ0n) is 8.94. The van der Waals surface area contributed by atoms with E-state index in [1.165, 1.54) is 13.2 Å². The number of hydrogen-bond acceptors (Lipinski definition) is 3. The van der Waals surface area contributed by atoms with Crippen LogP contribution in [0.4, 0.5) is 4.39 Å². The lowest BCUT2D eigenvalue weighted by Crippen LogP contribution is -2.39. The molecule has 0 bridgehead atoms. The molecule has 0 aliphatic heterocycles. The molecule has 0 amide bonds. The van der Waals surface area contributed by atoms with Crippen molar-refractivity contribution < 1.29 is 19.0 Å². The van der Waals surface area contributed by atoms with Gasteiger partial charge in [-0.2, -0.15) is 0 Å². The molecule has 16 heavy (non-hydrogen) atoms. The molecule has 1 aromatic rings. The first-order chi connectivity index (χ1) is 7.65. The normalized spacial score (nSPS) is 12.4. The molecule has 0 aliphatic rings. The predicted octanol–water partition coefficient (Wildman–Crippen LogP) is 1.01. The van der Waals surface area contributed by atoms with Gasteiger partial charge in [-0.25, -0.2) is 4.39 Å². The Kier molecular flexibility index (Phi) is 4.88. The first-order valence-corrected chi connectivity index (χ1v) is 4.83. The minimum Gasteiger partial charge on any atom is -0.480 e. The molecular formula is C11H14FNO3. The van der Waals surface area contributed by atoms with Crippen molar-refractivity contribution in [3.8, 4) is 0 Å². The van der Waals surface area contributed by atoms with Crippen molar-refractivity contribution in [3.05, 3.63) is 35.6 Å². The van der Waals surface area contributed by atoms with E-state index in [1.54, 1.807) is 18.2 Å². The van der Waals surface area contributed by atoms with Crippen molar-refractivity contribution in [2.75, 3.05) is 13.8 Å². The van der Waals surface area contributed by atoms with Gasteiger partial charge in [-0.05, 0) is 11.6 Å². The highest BCUT2D eigenvalue weighted by Crippen LogP contribution is 2.09. The molecule has 0 aromatic heterocycles. The monoisotopic (exact) mass is 227 g/mol. The summed E-state index contributed by atoms with van der Waals surface area (Å²) in [7, 11) is 1.45. The van der Waals surface area contributed by atoms with Gasteiger partial charge in [-0.15, -0.1) is 0 Å². The summed E-state index contributed by atoms with van der Waals surface area (Å²) < 4.78 is 18.0. The van der Waals surface area contributed by atoms with Crippen LogP contribution in [0.3, 0.4) is 0 Å². The van der Waals surface area contributed by atoms with Crippen LogP contribution in [0.5, 0.6) is 0 Å². The molecule has 88 valence electrons. The van der Waals surface area contributed by atoms with E-state index >= 15 is 0 Å². The average Bonchev–Trinajstić information content (AvgIpc) is 2.26. The molecular weight excluding hydrogens is 213 g/mol. The van der Waals surface area contributed by atoms with Crippen LogP contribution in [0, 0.1) is 5.82 Å². The van der Waals surface area contributed by atoms with Gasteiger partial charge in [0.1, 0.15) is 11.9 Å². The first-order valence-electron chi connectivity index (χ1n) is 4.83. The molecule has 0 radical (unpaired) electrons. The minimum absolute atomic E-state index is 0.0887. The summed E-state index contributed by atoms with van der Waals surface area (Å²) in [5.41, 5.74) is 0.374. The van der Waals surface area contributed by atoms with Crippen molar-refractivity contribution >= 4 is 5.97 Å². The number of rotatable bonds is 6. The van der Waals surface area contributed by atoms with Gasteiger partial charge < -0.3 is 9.84 Å². The van der Waals surface area contributed by atoms with Crippen LogP contribution in [-0.4, -0.2) is 31.0 Å². The Morgan fingerprint density at radius 2 is 2.25 bits per heavy atom. The third-order valence-electron chi connectivity index (χ3n) is 2.15. The molecule has 0 heterocycles. The fourth-order valence-corrected chi connectivity index (χ4v) is 1.31. The second-order valence-electron chi connectivity index (χ2n) is 3.32. The third-order valence-corrected chi connectivity index (χ3v) is 2.15. The topological polar surface area (TPSA) is 58.6 Å². The number of aliphatic carboxylic acids is 1. The van der Waals surface area contributed by atoms with Gasteiger partial charge in [0.15, 0.2) is 0 Å². The molecule has 2 N–H and O–H groups in total. The smallest absolute Gasteiger partial charge is 0.321 e. The largest absolute Gasteiger partial charge is 0.480 e. The number of nitrogens with one attached hydrogen (secondary N) is 1.